The zero-order valence-electron chi connectivity index (χ0n) is 13.5. The second kappa shape index (κ2) is 7.40. The van der Waals surface area contributed by atoms with E-state index in [0.29, 0.717) is 29.4 Å². The molecule has 3 heterocycles. The molecule has 2 aromatic rings. The number of H-pyrrole nitrogens is 1. The lowest BCUT2D eigenvalue weighted by Gasteiger charge is -2.21. The zero-order valence-corrected chi connectivity index (χ0v) is 15.0. The molecule has 1 saturated heterocycles. The van der Waals surface area contributed by atoms with Gasteiger partial charge in [0.2, 0.25) is 5.91 Å². The minimum Gasteiger partial charge on any atom is -0.366 e. The van der Waals surface area contributed by atoms with Crippen molar-refractivity contribution in [2.45, 2.75) is 19.8 Å². The topological polar surface area (TPSA) is 65.2 Å². The van der Waals surface area contributed by atoms with Crippen LogP contribution in [-0.4, -0.2) is 41.3 Å². The van der Waals surface area contributed by atoms with Crippen molar-refractivity contribution in [3.05, 3.63) is 34.4 Å². The lowest BCUT2D eigenvalue weighted by molar-refractivity contribution is -0.128. The Balaban J connectivity index is 1.58. The number of carbonyl (C=O) groups is 2. The number of nitrogens with zero attached hydrogens (tertiary/aromatic N) is 1. The van der Waals surface area contributed by atoms with Gasteiger partial charge in [-0.15, -0.1) is 11.3 Å². The second-order valence-corrected chi connectivity index (χ2v) is 7.86. The smallest absolute Gasteiger partial charge is 0.253 e. The van der Waals surface area contributed by atoms with Crippen molar-refractivity contribution in [2.75, 3.05) is 19.6 Å². The van der Waals surface area contributed by atoms with Gasteiger partial charge in [0.05, 0.1) is 9.90 Å². The molecule has 7 heteroatoms. The monoisotopic (exact) mass is 365 g/mol. The molecule has 3 rings (SSSR count). The molecule has 0 saturated carbocycles. The first-order valence-electron chi connectivity index (χ1n) is 8.03. The predicted octanol–water partition coefficient (Wildman–Crippen LogP) is 3.38. The van der Waals surface area contributed by atoms with Crippen LogP contribution in [-0.2, 0) is 4.79 Å². The summed E-state index contributed by atoms with van der Waals surface area (Å²) in [5, 5.41) is 2.97. The van der Waals surface area contributed by atoms with E-state index in [1.165, 1.54) is 11.3 Å². The Kier molecular flexibility index (Phi) is 5.26. The van der Waals surface area contributed by atoms with Gasteiger partial charge in [0, 0.05) is 48.9 Å². The van der Waals surface area contributed by atoms with E-state index in [1.807, 2.05) is 30.2 Å². The van der Waals surface area contributed by atoms with Gasteiger partial charge in [0.25, 0.3) is 5.91 Å². The molecule has 0 aromatic carbocycles. The number of thiophene rings is 1. The highest BCUT2D eigenvalue weighted by molar-refractivity contribution is 7.19. The first-order chi connectivity index (χ1) is 11.5. The number of nitrogens with one attached hydrogen (secondary N) is 2. The van der Waals surface area contributed by atoms with E-state index in [2.05, 4.69) is 10.3 Å². The predicted molar refractivity (Wildman–Crippen MR) is 96.4 cm³/mol. The van der Waals surface area contributed by atoms with Gasteiger partial charge in [0.15, 0.2) is 0 Å². The minimum absolute atomic E-state index is 0.115. The number of hydrogen-bond donors (Lipinski definition) is 2. The highest BCUT2D eigenvalue weighted by atomic mass is 35.5. The van der Waals surface area contributed by atoms with Gasteiger partial charge in [-0.05, 0) is 24.5 Å². The van der Waals surface area contributed by atoms with Crippen molar-refractivity contribution in [3.8, 4) is 10.4 Å². The van der Waals surface area contributed by atoms with E-state index in [9.17, 15) is 9.59 Å². The standard InChI is InChI=1S/C17H20ClN3O2S/c1-11(10-21-6-2-3-16(21)22)7-20-17(23)13-9-19-8-12(13)14-4-5-15(18)24-14/h4-5,8-9,11,19H,2-3,6-7,10H2,1H3,(H,20,23). The average Bonchev–Trinajstić information content (AvgIpc) is 3.27. The quantitative estimate of drug-likeness (QED) is 0.824. The highest BCUT2D eigenvalue weighted by Crippen LogP contribution is 2.33. The summed E-state index contributed by atoms with van der Waals surface area (Å²) < 4.78 is 0.696. The van der Waals surface area contributed by atoms with Gasteiger partial charge in [0.1, 0.15) is 0 Å². The largest absolute Gasteiger partial charge is 0.366 e. The number of amides is 2. The van der Waals surface area contributed by atoms with E-state index in [4.69, 9.17) is 11.6 Å². The van der Waals surface area contributed by atoms with Gasteiger partial charge in [-0.1, -0.05) is 18.5 Å². The molecule has 24 heavy (non-hydrogen) atoms. The molecular weight excluding hydrogens is 346 g/mol. The van der Waals surface area contributed by atoms with Crippen molar-refractivity contribution in [2.24, 2.45) is 5.92 Å². The third kappa shape index (κ3) is 3.82. The van der Waals surface area contributed by atoms with Crippen LogP contribution >= 0.6 is 22.9 Å². The maximum absolute atomic E-state index is 12.5. The zero-order chi connectivity index (χ0) is 17.1. The van der Waals surface area contributed by atoms with Crippen LogP contribution in [0.2, 0.25) is 4.34 Å². The second-order valence-electron chi connectivity index (χ2n) is 6.14. The lowest BCUT2D eigenvalue weighted by atomic mass is 10.1. The summed E-state index contributed by atoms with van der Waals surface area (Å²) in [6, 6.07) is 3.74. The van der Waals surface area contributed by atoms with E-state index in [1.54, 1.807) is 6.20 Å². The molecule has 1 atom stereocenters. The molecular formula is C17H20ClN3O2S. The van der Waals surface area contributed by atoms with Crippen LogP contribution in [0.1, 0.15) is 30.1 Å². The molecule has 128 valence electrons. The van der Waals surface area contributed by atoms with Gasteiger partial charge >= 0.3 is 0 Å². The molecule has 2 N–H and O–H groups in total. The fourth-order valence-corrected chi connectivity index (χ4v) is 3.99. The number of likely N-dealkylation sites (tertiary alicyclic amines) is 1. The first kappa shape index (κ1) is 17.0. The maximum atomic E-state index is 12.5. The molecule has 5 nitrogen and oxygen atoms in total. The van der Waals surface area contributed by atoms with E-state index >= 15 is 0 Å². The normalized spacial score (nSPS) is 15.8. The summed E-state index contributed by atoms with van der Waals surface area (Å²) in [7, 11) is 0. The van der Waals surface area contributed by atoms with Crippen LogP contribution < -0.4 is 5.32 Å². The molecule has 2 aromatic heterocycles. The van der Waals surface area contributed by atoms with Crippen LogP contribution in [0.25, 0.3) is 10.4 Å². The lowest BCUT2D eigenvalue weighted by Crippen LogP contribution is -2.36. The average molecular weight is 366 g/mol. The summed E-state index contributed by atoms with van der Waals surface area (Å²) in [6.45, 7) is 4.11. The Morgan fingerprint density at radius 2 is 2.29 bits per heavy atom. The maximum Gasteiger partial charge on any atom is 0.253 e. The van der Waals surface area contributed by atoms with Crippen LogP contribution in [0, 0.1) is 5.92 Å². The molecule has 0 aliphatic carbocycles. The number of rotatable bonds is 6. The molecule has 0 radical (unpaired) electrons. The van der Waals surface area contributed by atoms with Crippen molar-refractivity contribution in [3.63, 3.8) is 0 Å². The van der Waals surface area contributed by atoms with Crippen molar-refractivity contribution in [1.29, 1.82) is 0 Å². The van der Waals surface area contributed by atoms with Crippen LogP contribution in [0.5, 0.6) is 0 Å². The Morgan fingerprint density at radius 1 is 1.46 bits per heavy atom. The minimum atomic E-state index is -0.115. The van der Waals surface area contributed by atoms with Gasteiger partial charge in [-0.3, -0.25) is 9.59 Å². The third-order valence-electron chi connectivity index (χ3n) is 4.14. The van der Waals surface area contributed by atoms with E-state index in [0.717, 1.165) is 23.4 Å². The van der Waals surface area contributed by atoms with E-state index < -0.39 is 0 Å². The van der Waals surface area contributed by atoms with Gasteiger partial charge in [-0.2, -0.15) is 0 Å². The first-order valence-corrected chi connectivity index (χ1v) is 9.22. The summed E-state index contributed by atoms with van der Waals surface area (Å²) >= 11 is 7.42. The molecule has 1 fully saturated rings. The number of aromatic nitrogens is 1. The SMILES string of the molecule is CC(CNC(=O)c1c[nH]cc1-c1ccc(Cl)s1)CN1CCCC1=O. The molecule has 1 aliphatic heterocycles. The van der Waals surface area contributed by atoms with Crippen molar-refractivity contribution in [1.82, 2.24) is 15.2 Å². The third-order valence-corrected chi connectivity index (χ3v) is 5.41. The molecule has 0 spiro atoms. The summed E-state index contributed by atoms with van der Waals surface area (Å²) in [4.78, 5) is 30.0. The molecule has 0 bridgehead atoms. The Hall–Kier alpha value is -1.79. The van der Waals surface area contributed by atoms with Crippen molar-refractivity contribution >= 4 is 34.8 Å². The Labute approximate surface area is 150 Å². The van der Waals surface area contributed by atoms with Crippen molar-refractivity contribution < 1.29 is 9.59 Å². The molecule has 2 amide bonds. The van der Waals surface area contributed by atoms with Crippen LogP contribution in [0.15, 0.2) is 24.5 Å². The summed E-state index contributed by atoms with van der Waals surface area (Å²) in [5.74, 6) is 0.320. The summed E-state index contributed by atoms with van der Waals surface area (Å²) in [5.41, 5.74) is 1.46. The van der Waals surface area contributed by atoms with Gasteiger partial charge < -0.3 is 15.2 Å². The molecule has 1 aliphatic rings. The summed E-state index contributed by atoms with van der Waals surface area (Å²) in [6.07, 6.45) is 5.10. The Bertz CT molecular complexity index is 740. The number of aromatic amines is 1. The molecule has 1 unspecified atom stereocenters. The fourth-order valence-electron chi connectivity index (χ4n) is 2.91. The number of carbonyl (C=O) groups excluding carboxylic acids is 2. The fraction of sp³-hybridized carbons (Fsp3) is 0.412. The van der Waals surface area contributed by atoms with Crippen LogP contribution in [0.4, 0.5) is 0 Å². The van der Waals surface area contributed by atoms with Gasteiger partial charge in [-0.25, -0.2) is 0 Å². The van der Waals surface area contributed by atoms with Crippen LogP contribution in [0.3, 0.4) is 0 Å². The number of halogens is 1. The number of hydrogen-bond acceptors (Lipinski definition) is 3. The highest BCUT2D eigenvalue weighted by Gasteiger charge is 2.22. The van der Waals surface area contributed by atoms with E-state index in [-0.39, 0.29) is 17.7 Å². The Morgan fingerprint density at radius 3 is 2.96 bits per heavy atom.